The highest BCUT2D eigenvalue weighted by atomic mass is 79.9. The highest BCUT2D eigenvalue weighted by Gasteiger charge is 2.18. The summed E-state index contributed by atoms with van der Waals surface area (Å²) in [6, 6.07) is 17.4. The van der Waals surface area contributed by atoms with Crippen molar-refractivity contribution in [2.75, 3.05) is 6.54 Å². The predicted octanol–water partition coefficient (Wildman–Crippen LogP) is 3.81. The van der Waals surface area contributed by atoms with Crippen molar-refractivity contribution >= 4 is 27.6 Å². The molecular weight excluding hydrogens is 392 g/mol. The van der Waals surface area contributed by atoms with Crippen LogP contribution in [-0.2, 0) is 16.0 Å². The largest absolute Gasteiger partial charge is 0.345 e. The Hall–Kier alpha value is -1.98. The van der Waals surface area contributed by atoms with Crippen molar-refractivity contribution in [3.8, 4) is 0 Å². The van der Waals surface area contributed by atoms with Crippen LogP contribution in [-0.4, -0.2) is 24.3 Å². The molecule has 0 spiro atoms. The second-order valence-electron chi connectivity index (χ2n) is 6.31. The fourth-order valence-electron chi connectivity index (χ4n) is 2.80. The molecule has 5 heteroatoms. The van der Waals surface area contributed by atoms with E-state index in [4.69, 9.17) is 0 Å². The normalized spacial score (nSPS) is 13.0. The number of hydrogen-bond donors (Lipinski definition) is 2. The van der Waals surface area contributed by atoms with Gasteiger partial charge in [0.2, 0.25) is 5.91 Å². The maximum Gasteiger partial charge on any atom is 0.234 e. The first-order valence-electron chi connectivity index (χ1n) is 8.82. The number of benzene rings is 2. The number of nitrogens with one attached hydrogen (secondary N) is 2. The number of Topliss-reactive ketones (excluding diaryl/α,β-unsaturated/α-hetero) is 1. The van der Waals surface area contributed by atoms with Crippen molar-refractivity contribution in [1.82, 2.24) is 10.6 Å². The number of halogens is 1. The summed E-state index contributed by atoms with van der Waals surface area (Å²) in [5, 5.41) is 6.12. The van der Waals surface area contributed by atoms with Crippen LogP contribution in [0.1, 0.15) is 37.4 Å². The average molecular weight is 417 g/mol. The molecule has 0 aliphatic rings. The SMILES string of the molecule is CC[C@@H](NCC(=O)N[C@@H](Cc1ccccc1)C(C)=O)c1ccc(Br)cc1. The zero-order valence-corrected chi connectivity index (χ0v) is 16.8. The summed E-state index contributed by atoms with van der Waals surface area (Å²) in [5.41, 5.74) is 2.16. The highest BCUT2D eigenvalue weighted by Crippen LogP contribution is 2.19. The van der Waals surface area contributed by atoms with Crippen molar-refractivity contribution in [3.63, 3.8) is 0 Å². The van der Waals surface area contributed by atoms with E-state index in [-0.39, 0.29) is 24.3 Å². The van der Waals surface area contributed by atoms with Crippen molar-refractivity contribution in [3.05, 3.63) is 70.2 Å². The van der Waals surface area contributed by atoms with E-state index >= 15 is 0 Å². The van der Waals surface area contributed by atoms with Crippen molar-refractivity contribution in [2.24, 2.45) is 0 Å². The molecule has 4 nitrogen and oxygen atoms in total. The first kappa shape index (κ1) is 20.3. The zero-order valence-electron chi connectivity index (χ0n) is 15.2. The van der Waals surface area contributed by atoms with Gasteiger partial charge in [0.05, 0.1) is 12.6 Å². The number of ketones is 1. The third-order valence-electron chi connectivity index (χ3n) is 4.30. The quantitative estimate of drug-likeness (QED) is 0.653. The number of rotatable bonds is 9. The summed E-state index contributed by atoms with van der Waals surface area (Å²) >= 11 is 3.43. The molecule has 0 aliphatic carbocycles. The number of hydrogen-bond acceptors (Lipinski definition) is 3. The standard InChI is InChI=1S/C21H25BrN2O2/c1-3-19(17-9-11-18(22)12-10-17)23-14-21(26)24-20(15(2)25)13-16-7-5-4-6-8-16/h4-12,19-20,23H,3,13-14H2,1-2H3,(H,24,26)/t19-,20+/m1/s1. The molecule has 0 bridgehead atoms. The second kappa shape index (κ2) is 10.2. The Morgan fingerprint density at radius 3 is 2.27 bits per heavy atom. The van der Waals surface area contributed by atoms with Crippen LogP contribution in [0.2, 0.25) is 0 Å². The molecule has 2 rings (SSSR count). The van der Waals surface area contributed by atoms with E-state index in [9.17, 15) is 9.59 Å². The second-order valence-corrected chi connectivity index (χ2v) is 7.23. The van der Waals surface area contributed by atoms with E-state index in [0.29, 0.717) is 6.42 Å². The summed E-state index contributed by atoms with van der Waals surface area (Å²) in [6.45, 7) is 3.76. The minimum atomic E-state index is -0.501. The van der Waals surface area contributed by atoms with Gasteiger partial charge < -0.3 is 10.6 Å². The van der Waals surface area contributed by atoms with E-state index in [0.717, 1.165) is 22.0 Å². The summed E-state index contributed by atoms with van der Waals surface area (Å²) in [4.78, 5) is 24.2. The van der Waals surface area contributed by atoms with Crippen LogP contribution in [0.25, 0.3) is 0 Å². The summed E-state index contributed by atoms with van der Waals surface area (Å²) in [7, 11) is 0. The van der Waals surface area contributed by atoms with E-state index in [1.807, 2.05) is 54.6 Å². The van der Waals surface area contributed by atoms with Gasteiger partial charge in [-0.15, -0.1) is 0 Å². The first-order valence-corrected chi connectivity index (χ1v) is 9.61. The lowest BCUT2D eigenvalue weighted by atomic mass is 10.0. The van der Waals surface area contributed by atoms with Gasteiger partial charge in [-0.25, -0.2) is 0 Å². The zero-order chi connectivity index (χ0) is 18.9. The van der Waals surface area contributed by atoms with Crippen molar-refractivity contribution in [2.45, 2.75) is 38.8 Å². The van der Waals surface area contributed by atoms with Gasteiger partial charge in [0.15, 0.2) is 5.78 Å². The van der Waals surface area contributed by atoms with E-state index in [2.05, 4.69) is 33.5 Å². The van der Waals surface area contributed by atoms with Crippen LogP contribution < -0.4 is 10.6 Å². The number of carbonyl (C=O) groups is 2. The Kier molecular flexibility index (Phi) is 8.01. The molecule has 138 valence electrons. The molecule has 0 saturated carbocycles. The summed E-state index contributed by atoms with van der Waals surface area (Å²) in [6.07, 6.45) is 1.38. The van der Waals surface area contributed by atoms with Gasteiger partial charge in [-0.2, -0.15) is 0 Å². The monoisotopic (exact) mass is 416 g/mol. The third-order valence-corrected chi connectivity index (χ3v) is 4.83. The van der Waals surface area contributed by atoms with E-state index < -0.39 is 6.04 Å². The lowest BCUT2D eigenvalue weighted by Gasteiger charge is -2.20. The average Bonchev–Trinajstić information content (AvgIpc) is 2.64. The van der Waals surface area contributed by atoms with Crippen molar-refractivity contribution < 1.29 is 9.59 Å². The van der Waals surface area contributed by atoms with Crippen LogP contribution in [0.15, 0.2) is 59.1 Å². The third kappa shape index (κ3) is 6.39. The van der Waals surface area contributed by atoms with Gasteiger partial charge >= 0.3 is 0 Å². The van der Waals surface area contributed by atoms with Crippen molar-refractivity contribution in [1.29, 1.82) is 0 Å². The molecule has 0 radical (unpaired) electrons. The molecule has 0 fully saturated rings. The molecule has 2 atom stereocenters. The molecule has 0 aliphatic heterocycles. The maximum absolute atomic E-state index is 12.3. The Bertz CT molecular complexity index is 717. The van der Waals surface area contributed by atoms with Gasteiger partial charge in [-0.05, 0) is 43.0 Å². The molecule has 0 unspecified atom stereocenters. The molecule has 2 N–H and O–H groups in total. The fourth-order valence-corrected chi connectivity index (χ4v) is 3.06. The van der Waals surface area contributed by atoms with Crippen LogP contribution in [0.5, 0.6) is 0 Å². The van der Waals surface area contributed by atoms with E-state index in [1.165, 1.54) is 6.92 Å². The smallest absolute Gasteiger partial charge is 0.234 e. The van der Waals surface area contributed by atoms with Gasteiger partial charge in [0.25, 0.3) is 0 Å². The Morgan fingerprint density at radius 1 is 1.04 bits per heavy atom. The molecular formula is C21H25BrN2O2. The maximum atomic E-state index is 12.3. The minimum absolute atomic E-state index is 0.0397. The van der Waals surface area contributed by atoms with Crippen LogP contribution in [0.4, 0.5) is 0 Å². The topological polar surface area (TPSA) is 58.2 Å². The lowest BCUT2D eigenvalue weighted by molar-refractivity contribution is -0.126. The summed E-state index contributed by atoms with van der Waals surface area (Å²) < 4.78 is 1.03. The van der Waals surface area contributed by atoms with Gasteiger partial charge in [-0.1, -0.05) is 65.3 Å². The molecule has 26 heavy (non-hydrogen) atoms. The fraction of sp³-hybridized carbons (Fsp3) is 0.333. The first-order chi connectivity index (χ1) is 12.5. The molecule has 0 aromatic heterocycles. The number of carbonyl (C=O) groups excluding carboxylic acids is 2. The Balaban J connectivity index is 1.90. The Labute approximate surface area is 163 Å². The van der Waals surface area contributed by atoms with Gasteiger partial charge in [0, 0.05) is 10.5 Å². The summed E-state index contributed by atoms with van der Waals surface area (Å²) in [5.74, 6) is -0.209. The number of amides is 1. The molecule has 0 heterocycles. The molecule has 0 saturated heterocycles. The van der Waals surface area contributed by atoms with Gasteiger partial charge in [0.1, 0.15) is 0 Å². The Morgan fingerprint density at radius 2 is 1.69 bits per heavy atom. The van der Waals surface area contributed by atoms with Gasteiger partial charge in [-0.3, -0.25) is 9.59 Å². The van der Waals surface area contributed by atoms with Crippen LogP contribution >= 0.6 is 15.9 Å². The van der Waals surface area contributed by atoms with E-state index in [1.54, 1.807) is 0 Å². The highest BCUT2D eigenvalue weighted by molar-refractivity contribution is 9.10. The molecule has 2 aromatic rings. The lowest BCUT2D eigenvalue weighted by Crippen LogP contribution is -2.45. The van der Waals surface area contributed by atoms with Crippen LogP contribution in [0, 0.1) is 0 Å². The minimum Gasteiger partial charge on any atom is -0.345 e. The van der Waals surface area contributed by atoms with Crippen LogP contribution in [0.3, 0.4) is 0 Å². The molecule has 1 amide bonds. The predicted molar refractivity (Wildman–Crippen MR) is 108 cm³/mol. The molecule has 2 aromatic carbocycles.